The van der Waals surface area contributed by atoms with Crippen molar-refractivity contribution in [1.82, 2.24) is 9.97 Å². The summed E-state index contributed by atoms with van der Waals surface area (Å²) < 4.78 is 5.69. The van der Waals surface area contributed by atoms with Crippen molar-refractivity contribution in [2.75, 3.05) is 11.9 Å². The highest BCUT2D eigenvalue weighted by molar-refractivity contribution is 5.49. The van der Waals surface area contributed by atoms with Gasteiger partial charge in [-0.1, -0.05) is 12.1 Å². The second kappa shape index (κ2) is 6.71. The van der Waals surface area contributed by atoms with Gasteiger partial charge in [-0.2, -0.15) is 5.26 Å². The molecule has 108 valence electrons. The van der Waals surface area contributed by atoms with Crippen molar-refractivity contribution in [3.05, 3.63) is 47.9 Å². The minimum Gasteiger partial charge on any atom is -0.491 e. The van der Waals surface area contributed by atoms with E-state index in [4.69, 9.17) is 10.00 Å². The molecule has 1 aromatic carbocycles. The number of nitrogens with zero attached hydrogens (tertiary/aromatic N) is 4. The maximum Gasteiger partial charge on any atom is 0.183 e. The van der Waals surface area contributed by atoms with Crippen LogP contribution in [-0.4, -0.2) is 23.1 Å². The predicted molar refractivity (Wildman–Crippen MR) is 81.1 cm³/mol. The molecule has 0 atom stereocenters. The molecule has 0 aliphatic heterocycles. The minimum absolute atomic E-state index is 0.142. The maximum absolute atomic E-state index is 9.08. The molecule has 2 rings (SSSR count). The number of aromatic nitrogens is 2. The van der Waals surface area contributed by atoms with Gasteiger partial charge in [-0.15, -0.1) is 0 Å². The summed E-state index contributed by atoms with van der Waals surface area (Å²) in [5.41, 5.74) is 1.42. The first kappa shape index (κ1) is 14.8. The number of benzene rings is 1. The number of rotatable bonds is 5. The highest BCUT2D eigenvalue weighted by Gasteiger charge is 2.10. The van der Waals surface area contributed by atoms with Crippen molar-refractivity contribution in [3.8, 4) is 11.8 Å². The molecule has 5 nitrogen and oxygen atoms in total. The molecule has 0 aliphatic carbocycles. The van der Waals surface area contributed by atoms with Crippen molar-refractivity contribution in [2.45, 2.75) is 26.5 Å². The highest BCUT2D eigenvalue weighted by atomic mass is 16.5. The van der Waals surface area contributed by atoms with Gasteiger partial charge in [0.05, 0.1) is 6.10 Å². The van der Waals surface area contributed by atoms with Gasteiger partial charge in [-0.05, 0) is 31.5 Å². The van der Waals surface area contributed by atoms with E-state index in [2.05, 4.69) is 16.0 Å². The van der Waals surface area contributed by atoms with Crippen LogP contribution in [0.15, 0.2) is 36.7 Å². The average molecular weight is 282 g/mol. The van der Waals surface area contributed by atoms with E-state index in [-0.39, 0.29) is 6.10 Å². The summed E-state index contributed by atoms with van der Waals surface area (Å²) in [6.45, 7) is 4.62. The second-order valence-corrected chi connectivity index (χ2v) is 5.01. The van der Waals surface area contributed by atoms with Crippen molar-refractivity contribution < 1.29 is 4.74 Å². The second-order valence-electron chi connectivity index (χ2n) is 5.01. The van der Waals surface area contributed by atoms with Gasteiger partial charge >= 0.3 is 0 Å². The topological polar surface area (TPSA) is 62.0 Å². The Morgan fingerprint density at radius 1 is 1.29 bits per heavy atom. The third-order valence-corrected chi connectivity index (χ3v) is 2.84. The Kier molecular flexibility index (Phi) is 4.72. The van der Waals surface area contributed by atoms with Crippen molar-refractivity contribution in [2.24, 2.45) is 0 Å². The molecule has 0 spiro atoms. The van der Waals surface area contributed by atoms with Crippen LogP contribution >= 0.6 is 0 Å². The molecule has 0 saturated carbocycles. The summed E-state index contributed by atoms with van der Waals surface area (Å²) in [5.74, 6) is 1.42. The lowest BCUT2D eigenvalue weighted by molar-refractivity contribution is 0.242. The Balaban J connectivity index is 2.16. The molecule has 5 heteroatoms. The molecule has 0 saturated heterocycles. The van der Waals surface area contributed by atoms with Crippen LogP contribution in [0.3, 0.4) is 0 Å². The molecular formula is C16H18N4O. The summed E-state index contributed by atoms with van der Waals surface area (Å²) in [5, 5.41) is 9.08. The Hall–Kier alpha value is -2.61. The fraction of sp³-hybridized carbons (Fsp3) is 0.312. The zero-order valence-electron chi connectivity index (χ0n) is 12.4. The average Bonchev–Trinajstić information content (AvgIpc) is 2.46. The van der Waals surface area contributed by atoms with Gasteiger partial charge in [0.2, 0.25) is 0 Å². The van der Waals surface area contributed by atoms with E-state index in [1.54, 1.807) is 6.20 Å². The fourth-order valence-electron chi connectivity index (χ4n) is 2.03. The van der Waals surface area contributed by atoms with Crippen LogP contribution in [0.1, 0.15) is 25.1 Å². The van der Waals surface area contributed by atoms with Crippen LogP contribution in [0, 0.1) is 11.3 Å². The lowest BCUT2D eigenvalue weighted by atomic mass is 10.2. The predicted octanol–water partition coefficient (Wildman–Crippen LogP) is 2.77. The van der Waals surface area contributed by atoms with E-state index in [0.29, 0.717) is 18.1 Å². The Morgan fingerprint density at radius 3 is 2.76 bits per heavy atom. The molecule has 0 radical (unpaired) electrons. The summed E-state index contributed by atoms with van der Waals surface area (Å²) in [6, 6.07) is 9.98. The van der Waals surface area contributed by atoms with Crippen molar-refractivity contribution >= 4 is 5.82 Å². The van der Waals surface area contributed by atoms with Crippen molar-refractivity contribution in [1.29, 1.82) is 5.26 Å². The summed E-state index contributed by atoms with van der Waals surface area (Å²) in [7, 11) is 1.89. The molecule has 0 bridgehead atoms. The molecule has 1 aromatic heterocycles. The monoisotopic (exact) mass is 282 g/mol. The first-order chi connectivity index (χ1) is 10.1. The normalized spacial score (nSPS) is 10.2. The van der Waals surface area contributed by atoms with E-state index in [0.717, 1.165) is 11.3 Å². The zero-order valence-corrected chi connectivity index (χ0v) is 12.4. The molecule has 0 fully saturated rings. The fourth-order valence-corrected chi connectivity index (χ4v) is 2.03. The van der Waals surface area contributed by atoms with Crippen molar-refractivity contribution in [3.63, 3.8) is 0 Å². The van der Waals surface area contributed by atoms with E-state index in [1.807, 2.05) is 50.1 Å². The van der Waals surface area contributed by atoms with Gasteiger partial charge < -0.3 is 9.64 Å². The molecule has 0 amide bonds. The van der Waals surface area contributed by atoms with Crippen LogP contribution in [0.5, 0.6) is 5.75 Å². The zero-order chi connectivity index (χ0) is 15.2. The van der Waals surface area contributed by atoms with Gasteiger partial charge in [-0.3, -0.25) is 0 Å². The molecule has 21 heavy (non-hydrogen) atoms. The van der Waals surface area contributed by atoms with Gasteiger partial charge in [0.25, 0.3) is 0 Å². The van der Waals surface area contributed by atoms with Crippen LogP contribution < -0.4 is 9.64 Å². The van der Waals surface area contributed by atoms with Crippen LogP contribution in [0.4, 0.5) is 5.82 Å². The molecule has 1 heterocycles. The lowest BCUT2D eigenvalue weighted by Crippen LogP contribution is -2.19. The number of hydrogen-bond acceptors (Lipinski definition) is 5. The van der Waals surface area contributed by atoms with Gasteiger partial charge in [-0.25, -0.2) is 9.97 Å². The standard InChI is InChI=1S/C16H18N4O/c1-12(2)21-14-6-4-5-13(9-14)11-20(3)16-15(10-17)18-7-8-19-16/h4-9,12H,11H2,1-3H3. The van der Waals surface area contributed by atoms with Gasteiger partial charge in [0.1, 0.15) is 11.8 Å². The minimum atomic E-state index is 0.142. The third-order valence-electron chi connectivity index (χ3n) is 2.84. The molecule has 0 unspecified atom stereocenters. The Bertz CT molecular complexity index is 649. The van der Waals surface area contributed by atoms with Gasteiger partial charge in [0.15, 0.2) is 11.5 Å². The summed E-state index contributed by atoms with van der Waals surface area (Å²) in [4.78, 5) is 10.2. The largest absolute Gasteiger partial charge is 0.491 e. The number of anilines is 1. The smallest absolute Gasteiger partial charge is 0.183 e. The molecule has 0 aliphatic rings. The van der Waals surface area contributed by atoms with E-state index in [9.17, 15) is 0 Å². The third kappa shape index (κ3) is 3.93. The summed E-state index contributed by atoms with van der Waals surface area (Å²) >= 11 is 0. The highest BCUT2D eigenvalue weighted by Crippen LogP contribution is 2.19. The van der Waals surface area contributed by atoms with E-state index < -0.39 is 0 Å². The van der Waals surface area contributed by atoms with Crippen LogP contribution in [-0.2, 0) is 6.54 Å². The SMILES string of the molecule is CC(C)Oc1cccc(CN(C)c2nccnc2C#N)c1. The van der Waals surface area contributed by atoms with E-state index in [1.165, 1.54) is 6.20 Å². The molecule has 0 N–H and O–H groups in total. The van der Waals surface area contributed by atoms with Gasteiger partial charge in [0, 0.05) is 26.0 Å². The number of nitriles is 1. The first-order valence-electron chi connectivity index (χ1n) is 6.78. The first-order valence-corrected chi connectivity index (χ1v) is 6.78. The van der Waals surface area contributed by atoms with E-state index >= 15 is 0 Å². The lowest BCUT2D eigenvalue weighted by Gasteiger charge is -2.19. The Morgan fingerprint density at radius 2 is 2.05 bits per heavy atom. The number of hydrogen-bond donors (Lipinski definition) is 0. The quantitative estimate of drug-likeness (QED) is 0.843. The maximum atomic E-state index is 9.08. The summed E-state index contributed by atoms with van der Waals surface area (Å²) in [6.07, 6.45) is 3.25. The van der Waals surface area contributed by atoms with Crippen LogP contribution in [0.25, 0.3) is 0 Å². The van der Waals surface area contributed by atoms with Crippen LogP contribution in [0.2, 0.25) is 0 Å². The number of ether oxygens (including phenoxy) is 1. The Labute approximate surface area is 124 Å². The molecular weight excluding hydrogens is 264 g/mol. The molecule has 2 aromatic rings.